The second-order valence-corrected chi connectivity index (χ2v) is 9.99. The summed E-state index contributed by atoms with van der Waals surface area (Å²) in [6.07, 6.45) is 0.275. The number of hydrogen-bond donors (Lipinski definition) is 1. The summed E-state index contributed by atoms with van der Waals surface area (Å²) < 4.78 is 33.5. The van der Waals surface area contributed by atoms with Crippen LogP contribution in [0.2, 0.25) is 5.02 Å². The summed E-state index contributed by atoms with van der Waals surface area (Å²) in [5, 5.41) is 3.16. The molecule has 1 atom stereocenters. The molecule has 32 heavy (non-hydrogen) atoms. The van der Waals surface area contributed by atoms with Crippen molar-refractivity contribution in [3.63, 3.8) is 0 Å². The van der Waals surface area contributed by atoms with Crippen LogP contribution in [0.3, 0.4) is 0 Å². The Bertz CT molecular complexity index is 1260. The van der Waals surface area contributed by atoms with Crippen LogP contribution in [0.1, 0.15) is 16.7 Å². The number of sulfonamides is 1. The maximum atomic E-state index is 13.5. The van der Waals surface area contributed by atoms with Crippen molar-refractivity contribution in [3.8, 4) is 5.75 Å². The summed E-state index contributed by atoms with van der Waals surface area (Å²) in [6.45, 7) is 2.01. The smallest absolute Gasteiger partial charge is 0.244 e. The minimum absolute atomic E-state index is 0.119. The zero-order chi connectivity index (χ0) is 22.9. The van der Waals surface area contributed by atoms with Crippen LogP contribution in [0.4, 0.5) is 5.69 Å². The largest absolute Gasteiger partial charge is 0.495 e. The summed E-state index contributed by atoms with van der Waals surface area (Å²) in [4.78, 5) is 13.5. The topological polar surface area (TPSA) is 75.7 Å². The summed E-state index contributed by atoms with van der Waals surface area (Å²) in [7, 11) is -2.39. The van der Waals surface area contributed by atoms with Crippen molar-refractivity contribution in [1.29, 1.82) is 0 Å². The molecule has 0 spiro atoms. The molecule has 0 aromatic heterocycles. The van der Waals surface area contributed by atoms with Crippen molar-refractivity contribution in [2.24, 2.45) is 0 Å². The molecule has 1 amide bonds. The number of nitrogens with one attached hydrogen (secondary N) is 1. The molecule has 1 heterocycles. The number of aryl methyl sites for hydroxylation is 1. The van der Waals surface area contributed by atoms with Crippen molar-refractivity contribution in [2.45, 2.75) is 30.8 Å². The Morgan fingerprint density at radius 1 is 1.06 bits per heavy atom. The third kappa shape index (κ3) is 4.37. The zero-order valence-corrected chi connectivity index (χ0v) is 19.3. The molecule has 3 aromatic carbocycles. The van der Waals surface area contributed by atoms with Gasteiger partial charge in [-0.3, -0.25) is 4.79 Å². The number of hydrogen-bond acceptors (Lipinski definition) is 4. The highest BCUT2D eigenvalue weighted by molar-refractivity contribution is 7.89. The first kappa shape index (κ1) is 22.3. The van der Waals surface area contributed by atoms with Gasteiger partial charge in [0.05, 0.1) is 17.0 Å². The fourth-order valence-corrected chi connectivity index (χ4v) is 5.61. The van der Waals surface area contributed by atoms with Gasteiger partial charge in [0.15, 0.2) is 0 Å². The average molecular weight is 471 g/mol. The van der Waals surface area contributed by atoms with E-state index < -0.39 is 22.0 Å². The number of halogens is 1. The van der Waals surface area contributed by atoms with E-state index in [1.807, 2.05) is 31.2 Å². The number of nitrogens with zero attached hydrogens (tertiary/aromatic N) is 1. The van der Waals surface area contributed by atoms with Gasteiger partial charge < -0.3 is 10.1 Å². The Balaban J connectivity index is 1.69. The standard InChI is InChI=1S/C24H23ClN2O4S/c1-16-7-10-20(11-8-16)32(29,30)27-15-18-6-4-3-5-17(18)13-22(27)24(28)26-19-9-12-23(31-2)21(25)14-19/h3-12,14,22H,13,15H2,1-2H3,(H,26,28). The minimum atomic E-state index is -3.90. The molecular formula is C24H23ClN2O4S. The molecule has 1 aliphatic heterocycles. The van der Waals surface area contributed by atoms with Crippen LogP contribution >= 0.6 is 11.6 Å². The Kier molecular flexibility index (Phi) is 6.24. The van der Waals surface area contributed by atoms with Crippen LogP contribution in [0.15, 0.2) is 71.6 Å². The van der Waals surface area contributed by atoms with E-state index in [0.29, 0.717) is 16.5 Å². The van der Waals surface area contributed by atoms with Gasteiger partial charge in [-0.15, -0.1) is 0 Å². The van der Waals surface area contributed by atoms with E-state index in [4.69, 9.17) is 16.3 Å². The molecule has 0 fully saturated rings. The molecule has 166 valence electrons. The third-order valence-electron chi connectivity index (χ3n) is 5.56. The normalized spacial score (nSPS) is 16.3. The van der Waals surface area contributed by atoms with E-state index in [0.717, 1.165) is 16.7 Å². The van der Waals surface area contributed by atoms with E-state index in [1.165, 1.54) is 11.4 Å². The fourth-order valence-electron chi connectivity index (χ4n) is 3.79. The maximum Gasteiger partial charge on any atom is 0.244 e. The second-order valence-electron chi connectivity index (χ2n) is 7.69. The molecule has 8 heteroatoms. The average Bonchev–Trinajstić information content (AvgIpc) is 2.78. The molecule has 0 aliphatic carbocycles. The Morgan fingerprint density at radius 3 is 2.41 bits per heavy atom. The highest BCUT2D eigenvalue weighted by atomic mass is 35.5. The molecule has 0 bridgehead atoms. The second kappa shape index (κ2) is 8.94. The van der Waals surface area contributed by atoms with Crippen molar-refractivity contribution >= 4 is 33.2 Å². The number of carbonyl (C=O) groups is 1. The lowest BCUT2D eigenvalue weighted by molar-refractivity contribution is -0.120. The fraction of sp³-hybridized carbons (Fsp3) is 0.208. The van der Waals surface area contributed by atoms with Gasteiger partial charge in [-0.1, -0.05) is 53.6 Å². The van der Waals surface area contributed by atoms with Gasteiger partial charge in [-0.2, -0.15) is 4.31 Å². The van der Waals surface area contributed by atoms with Gasteiger partial charge in [0.1, 0.15) is 11.8 Å². The number of anilines is 1. The molecule has 1 N–H and O–H groups in total. The summed E-state index contributed by atoms with van der Waals surface area (Å²) >= 11 is 6.18. The number of methoxy groups -OCH3 is 1. The number of ether oxygens (including phenoxy) is 1. The van der Waals surface area contributed by atoms with Crippen molar-refractivity contribution < 1.29 is 17.9 Å². The minimum Gasteiger partial charge on any atom is -0.495 e. The van der Waals surface area contributed by atoms with Crippen LogP contribution in [0.25, 0.3) is 0 Å². The number of amides is 1. The van der Waals surface area contributed by atoms with Gasteiger partial charge in [0.2, 0.25) is 15.9 Å². The molecule has 6 nitrogen and oxygen atoms in total. The number of benzene rings is 3. The lowest BCUT2D eigenvalue weighted by Gasteiger charge is -2.35. The first-order valence-electron chi connectivity index (χ1n) is 10.1. The summed E-state index contributed by atoms with van der Waals surface area (Å²) in [5.74, 6) is 0.0660. The molecular weight excluding hydrogens is 448 g/mol. The number of rotatable bonds is 5. The lowest BCUT2D eigenvalue weighted by Crippen LogP contribution is -2.50. The first-order chi connectivity index (χ1) is 15.3. The Hall–Kier alpha value is -2.87. The summed E-state index contributed by atoms with van der Waals surface area (Å²) in [5.41, 5.74) is 3.27. The molecule has 0 radical (unpaired) electrons. The van der Waals surface area contributed by atoms with E-state index in [2.05, 4.69) is 5.32 Å². The van der Waals surface area contributed by atoms with Crippen LogP contribution in [0, 0.1) is 6.92 Å². The predicted octanol–water partition coefficient (Wildman–Crippen LogP) is 4.41. The van der Waals surface area contributed by atoms with Crippen LogP contribution in [-0.2, 0) is 27.8 Å². The van der Waals surface area contributed by atoms with E-state index in [-0.39, 0.29) is 17.9 Å². The molecule has 0 saturated carbocycles. The number of carbonyl (C=O) groups excluding carboxylic acids is 1. The van der Waals surface area contributed by atoms with Crippen LogP contribution < -0.4 is 10.1 Å². The van der Waals surface area contributed by atoms with Gasteiger partial charge in [-0.05, 0) is 54.8 Å². The highest BCUT2D eigenvalue weighted by Crippen LogP contribution is 2.31. The van der Waals surface area contributed by atoms with Gasteiger partial charge in [-0.25, -0.2) is 8.42 Å². The summed E-state index contributed by atoms with van der Waals surface area (Å²) in [6, 6.07) is 18.2. The quantitative estimate of drug-likeness (QED) is 0.599. The predicted molar refractivity (Wildman–Crippen MR) is 124 cm³/mol. The van der Waals surface area contributed by atoms with Gasteiger partial charge in [0.25, 0.3) is 0 Å². The maximum absolute atomic E-state index is 13.5. The lowest BCUT2D eigenvalue weighted by atomic mass is 9.95. The SMILES string of the molecule is COc1ccc(NC(=O)C2Cc3ccccc3CN2S(=O)(=O)c2ccc(C)cc2)cc1Cl. The monoisotopic (exact) mass is 470 g/mol. The first-order valence-corrected chi connectivity index (χ1v) is 11.9. The van der Waals surface area contributed by atoms with Crippen molar-refractivity contribution in [1.82, 2.24) is 4.31 Å². The van der Waals surface area contributed by atoms with E-state index in [1.54, 1.807) is 42.5 Å². The molecule has 4 rings (SSSR count). The molecule has 3 aromatic rings. The van der Waals surface area contributed by atoms with Gasteiger partial charge in [0, 0.05) is 12.2 Å². The van der Waals surface area contributed by atoms with E-state index >= 15 is 0 Å². The Labute approximate surface area is 192 Å². The van der Waals surface area contributed by atoms with Crippen molar-refractivity contribution in [3.05, 3.63) is 88.4 Å². The number of fused-ring (bicyclic) bond motifs is 1. The molecule has 1 aliphatic rings. The molecule has 1 unspecified atom stereocenters. The third-order valence-corrected chi connectivity index (χ3v) is 7.72. The highest BCUT2D eigenvalue weighted by Gasteiger charge is 2.39. The van der Waals surface area contributed by atoms with Gasteiger partial charge >= 0.3 is 0 Å². The Morgan fingerprint density at radius 2 is 1.75 bits per heavy atom. The van der Waals surface area contributed by atoms with Crippen LogP contribution in [-0.4, -0.2) is 31.8 Å². The zero-order valence-electron chi connectivity index (χ0n) is 17.7. The van der Waals surface area contributed by atoms with Crippen molar-refractivity contribution in [2.75, 3.05) is 12.4 Å². The van der Waals surface area contributed by atoms with Crippen LogP contribution in [0.5, 0.6) is 5.75 Å². The van der Waals surface area contributed by atoms with E-state index in [9.17, 15) is 13.2 Å². The molecule has 0 saturated heterocycles.